The molecule has 0 aliphatic heterocycles. The van der Waals surface area contributed by atoms with Crippen LogP contribution in [-0.2, 0) is 23.9 Å². The molecule has 0 aliphatic rings. The normalized spacial score (nSPS) is 11.7. The molecule has 0 radical (unpaired) electrons. The van der Waals surface area contributed by atoms with E-state index >= 15 is 0 Å². The van der Waals surface area contributed by atoms with E-state index in [0.29, 0.717) is 0 Å². The number of rotatable bonds is 7. The molecule has 7 nitrogen and oxygen atoms in total. The number of ether oxygens (including phenoxy) is 3. The van der Waals surface area contributed by atoms with Gasteiger partial charge in [-0.1, -0.05) is 6.92 Å². The molecule has 1 aromatic rings. The van der Waals surface area contributed by atoms with Crippen molar-refractivity contribution in [2.24, 2.45) is 0 Å². The Labute approximate surface area is 133 Å². The molecule has 1 aromatic carbocycles. The highest BCUT2D eigenvalue weighted by molar-refractivity contribution is 5.92. The van der Waals surface area contributed by atoms with E-state index in [9.17, 15) is 14.4 Å². The van der Waals surface area contributed by atoms with E-state index in [1.807, 2.05) is 0 Å². The van der Waals surface area contributed by atoms with Crippen LogP contribution in [0.1, 0.15) is 20.3 Å². The molecule has 1 unspecified atom stereocenters. The first kappa shape index (κ1) is 18.2. The molecular formula is C16H18O7. The van der Waals surface area contributed by atoms with Gasteiger partial charge in [0.2, 0.25) is 0 Å². The quantitative estimate of drug-likeness (QED) is 0.463. The number of carbonyl (C=O) groups is 3. The van der Waals surface area contributed by atoms with E-state index < -0.39 is 24.0 Å². The lowest BCUT2D eigenvalue weighted by Gasteiger charge is -2.14. The second-order valence-electron chi connectivity index (χ2n) is 4.33. The molecule has 0 saturated carbocycles. The highest BCUT2D eigenvalue weighted by atomic mass is 16.6. The number of carbonyl (C=O) groups excluding carboxylic acids is 3. The molecule has 1 rings (SSSR count). The molecule has 0 fully saturated rings. The summed E-state index contributed by atoms with van der Waals surface area (Å²) in [5.41, 5.74) is 0. The Morgan fingerprint density at radius 2 is 1.70 bits per heavy atom. The van der Waals surface area contributed by atoms with E-state index in [1.165, 1.54) is 24.3 Å². The van der Waals surface area contributed by atoms with Gasteiger partial charge in [0.25, 0.3) is 0 Å². The summed E-state index contributed by atoms with van der Waals surface area (Å²) in [6.45, 7) is 3.47. The van der Waals surface area contributed by atoms with Gasteiger partial charge in [-0.2, -0.15) is 0 Å². The van der Waals surface area contributed by atoms with Gasteiger partial charge < -0.3 is 19.3 Å². The third kappa shape index (κ3) is 6.64. The summed E-state index contributed by atoms with van der Waals surface area (Å²) in [7, 11) is 0. The first-order valence-corrected chi connectivity index (χ1v) is 7.02. The van der Waals surface area contributed by atoms with Gasteiger partial charge in [-0.3, -0.25) is 0 Å². The molecule has 1 atom stereocenters. The lowest BCUT2D eigenvalue weighted by atomic mass is 10.2. The highest BCUT2D eigenvalue weighted by Crippen LogP contribution is 2.17. The standard InChI is InChI=1S/C16H18O7/c1-3-13(23-15(19)10-9-14(18)21-4-2)16(20)22-12-7-5-11(17)6-8-12/h5-10,13,17H,3-4H2,1-2H3/b10-9+. The predicted octanol–water partition coefficient (Wildman–Crippen LogP) is 1.74. The summed E-state index contributed by atoms with van der Waals surface area (Å²) in [6, 6.07) is 5.53. The van der Waals surface area contributed by atoms with Crippen LogP contribution in [0.15, 0.2) is 36.4 Å². The van der Waals surface area contributed by atoms with Crippen LogP contribution in [-0.4, -0.2) is 35.7 Å². The SMILES string of the molecule is CCOC(=O)/C=C/C(=O)OC(CC)C(=O)Oc1ccc(O)cc1. The summed E-state index contributed by atoms with van der Waals surface area (Å²) < 4.78 is 14.6. The number of aromatic hydroxyl groups is 1. The summed E-state index contributed by atoms with van der Waals surface area (Å²) in [4.78, 5) is 34.6. The topological polar surface area (TPSA) is 99.1 Å². The first-order valence-electron chi connectivity index (χ1n) is 7.02. The van der Waals surface area contributed by atoms with Gasteiger partial charge >= 0.3 is 17.9 Å². The van der Waals surface area contributed by atoms with Crippen molar-refractivity contribution in [1.29, 1.82) is 0 Å². The molecule has 124 valence electrons. The van der Waals surface area contributed by atoms with Crippen molar-refractivity contribution < 1.29 is 33.7 Å². The maximum atomic E-state index is 11.9. The largest absolute Gasteiger partial charge is 0.508 e. The van der Waals surface area contributed by atoms with Crippen molar-refractivity contribution in [2.75, 3.05) is 6.61 Å². The third-order valence-electron chi connectivity index (χ3n) is 2.59. The van der Waals surface area contributed by atoms with Crippen molar-refractivity contribution in [3.05, 3.63) is 36.4 Å². The fourth-order valence-electron chi connectivity index (χ4n) is 1.50. The molecule has 0 spiro atoms. The Hall–Kier alpha value is -2.83. The van der Waals surface area contributed by atoms with Gasteiger partial charge in [-0.25, -0.2) is 14.4 Å². The average molecular weight is 322 g/mol. The molecule has 0 aromatic heterocycles. The lowest BCUT2D eigenvalue weighted by Crippen LogP contribution is -2.30. The summed E-state index contributed by atoms with van der Waals surface area (Å²) >= 11 is 0. The zero-order valence-corrected chi connectivity index (χ0v) is 12.9. The summed E-state index contributed by atoms with van der Waals surface area (Å²) in [5, 5.41) is 9.15. The van der Waals surface area contributed by atoms with Crippen LogP contribution in [0.3, 0.4) is 0 Å². The maximum absolute atomic E-state index is 11.9. The fraction of sp³-hybridized carbons (Fsp3) is 0.312. The van der Waals surface area contributed by atoms with Crippen LogP contribution in [0.25, 0.3) is 0 Å². The Bertz CT molecular complexity index is 575. The number of benzene rings is 1. The number of hydrogen-bond acceptors (Lipinski definition) is 7. The Morgan fingerprint density at radius 3 is 2.26 bits per heavy atom. The Kier molecular flexibility index (Phi) is 7.32. The van der Waals surface area contributed by atoms with Crippen LogP contribution < -0.4 is 4.74 Å². The third-order valence-corrected chi connectivity index (χ3v) is 2.59. The molecule has 0 bridgehead atoms. The van der Waals surface area contributed by atoms with Crippen molar-refractivity contribution in [3.8, 4) is 11.5 Å². The van der Waals surface area contributed by atoms with Crippen LogP contribution in [0.2, 0.25) is 0 Å². The molecule has 0 amide bonds. The molecule has 0 heterocycles. The zero-order chi connectivity index (χ0) is 17.2. The molecule has 0 aliphatic carbocycles. The number of phenols is 1. The van der Waals surface area contributed by atoms with Gasteiger partial charge in [-0.15, -0.1) is 0 Å². The van der Waals surface area contributed by atoms with Gasteiger partial charge in [0.1, 0.15) is 11.5 Å². The molecule has 7 heteroatoms. The monoisotopic (exact) mass is 322 g/mol. The summed E-state index contributed by atoms with van der Waals surface area (Å²) in [5.74, 6) is -2.04. The number of esters is 3. The fourth-order valence-corrected chi connectivity index (χ4v) is 1.50. The van der Waals surface area contributed by atoms with Gasteiger partial charge in [0, 0.05) is 12.2 Å². The zero-order valence-electron chi connectivity index (χ0n) is 12.9. The average Bonchev–Trinajstić information content (AvgIpc) is 2.53. The number of phenolic OH excluding ortho intramolecular Hbond substituents is 1. The summed E-state index contributed by atoms with van der Waals surface area (Å²) in [6.07, 6.45) is 0.900. The second-order valence-corrected chi connectivity index (χ2v) is 4.33. The minimum Gasteiger partial charge on any atom is -0.508 e. The van der Waals surface area contributed by atoms with Crippen molar-refractivity contribution in [2.45, 2.75) is 26.4 Å². The van der Waals surface area contributed by atoms with Crippen LogP contribution in [0, 0.1) is 0 Å². The Balaban J connectivity index is 2.58. The second kappa shape index (κ2) is 9.24. The van der Waals surface area contributed by atoms with Crippen molar-refractivity contribution in [3.63, 3.8) is 0 Å². The molecular weight excluding hydrogens is 304 g/mol. The van der Waals surface area contributed by atoms with Crippen LogP contribution >= 0.6 is 0 Å². The van der Waals surface area contributed by atoms with Crippen LogP contribution in [0.4, 0.5) is 0 Å². The van der Waals surface area contributed by atoms with E-state index in [0.717, 1.165) is 12.2 Å². The van der Waals surface area contributed by atoms with E-state index in [1.54, 1.807) is 13.8 Å². The van der Waals surface area contributed by atoms with E-state index in [2.05, 4.69) is 4.74 Å². The first-order chi connectivity index (χ1) is 11.0. The lowest BCUT2D eigenvalue weighted by molar-refractivity contribution is -0.159. The Morgan fingerprint density at radius 1 is 1.09 bits per heavy atom. The minimum atomic E-state index is -1.11. The van der Waals surface area contributed by atoms with Crippen molar-refractivity contribution >= 4 is 17.9 Å². The molecule has 1 N–H and O–H groups in total. The van der Waals surface area contributed by atoms with Gasteiger partial charge in [-0.05, 0) is 37.6 Å². The van der Waals surface area contributed by atoms with Crippen molar-refractivity contribution in [1.82, 2.24) is 0 Å². The van der Waals surface area contributed by atoms with E-state index in [-0.39, 0.29) is 24.5 Å². The van der Waals surface area contributed by atoms with Crippen LogP contribution in [0.5, 0.6) is 11.5 Å². The van der Waals surface area contributed by atoms with Gasteiger partial charge in [0.05, 0.1) is 6.61 Å². The predicted molar refractivity (Wildman–Crippen MR) is 79.7 cm³/mol. The maximum Gasteiger partial charge on any atom is 0.352 e. The molecule has 23 heavy (non-hydrogen) atoms. The number of hydrogen-bond donors (Lipinski definition) is 1. The highest BCUT2D eigenvalue weighted by Gasteiger charge is 2.22. The van der Waals surface area contributed by atoms with E-state index in [4.69, 9.17) is 14.6 Å². The minimum absolute atomic E-state index is 0.0346. The van der Waals surface area contributed by atoms with Gasteiger partial charge in [0.15, 0.2) is 6.10 Å². The molecule has 0 saturated heterocycles. The smallest absolute Gasteiger partial charge is 0.352 e.